The molecule has 3 aromatic rings. The van der Waals surface area contributed by atoms with Crippen molar-refractivity contribution in [1.82, 2.24) is 9.38 Å². The van der Waals surface area contributed by atoms with Crippen LogP contribution in [-0.4, -0.2) is 20.5 Å². The minimum atomic E-state index is -0.801. The molecule has 0 bridgehead atoms. The van der Waals surface area contributed by atoms with E-state index in [1.54, 1.807) is 0 Å². The Morgan fingerprint density at radius 2 is 1.95 bits per heavy atom. The van der Waals surface area contributed by atoms with E-state index in [1.165, 1.54) is 0 Å². The molecule has 0 atom stereocenters. The van der Waals surface area contributed by atoms with Crippen molar-refractivity contribution >= 4 is 11.5 Å². The fraction of sp³-hybridized carbons (Fsp3) is 0.176. The van der Waals surface area contributed by atoms with Crippen LogP contribution in [0.4, 0.5) is 0 Å². The fourth-order valence-electron chi connectivity index (χ4n) is 2.53. The Morgan fingerprint density at radius 1 is 1.19 bits per heavy atom. The molecular formula is C17H16N2O2. The van der Waals surface area contributed by atoms with Crippen LogP contribution in [0.5, 0.6) is 0 Å². The van der Waals surface area contributed by atoms with Gasteiger partial charge in [-0.25, -0.2) is 4.98 Å². The van der Waals surface area contributed by atoms with E-state index in [4.69, 9.17) is 10.1 Å². The normalized spacial score (nSPS) is 10.9. The molecule has 3 rings (SSSR count). The van der Waals surface area contributed by atoms with Gasteiger partial charge in [-0.15, -0.1) is 0 Å². The number of aromatic nitrogens is 2. The van der Waals surface area contributed by atoms with E-state index in [0.717, 1.165) is 28.2 Å². The number of hydrogen-bond acceptors (Lipinski definition) is 2. The molecular weight excluding hydrogens is 264 g/mol. The number of carboxylic acids is 1. The molecule has 0 saturated carbocycles. The zero-order valence-corrected chi connectivity index (χ0v) is 11.8. The van der Waals surface area contributed by atoms with Crippen LogP contribution in [0.2, 0.25) is 0 Å². The van der Waals surface area contributed by atoms with E-state index < -0.39 is 5.97 Å². The number of imidazole rings is 1. The molecule has 1 N–H and O–H groups in total. The summed E-state index contributed by atoms with van der Waals surface area (Å²) in [6.07, 6.45) is 2.50. The van der Waals surface area contributed by atoms with Gasteiger partial charge in [0.05, 0.1) is 17.6 Å². The van der Waals surface area contributed by atoms with Crippen LogP contribution in [0, 0.1) is 6.92 Å². The first-order chi connectivity index (χ1) is 10.2. The average Bonchev–Trinajstić information content (AvgIpc) is 2.84. The van der Waals surface area contributed by atoms with Crippen LogP contribution in [-0.2, 0) is 11.2 Å². The summed E-state index contributed by atoms with van der Waals surface area (Å²) in [4.78, 5) is 15.5. The highest BCUT2D eigenvalue weighted by Crippen LogP contribution is 2.25. The number of benzene rings is 1. The third-order valence-electron chi connectivity index (χ3n) is 3.59. The maximum Gasteiger partial charge on any atom is 0.303 e. The molecule has 0 aliphatic carbocycles. The third kappa shape index (κ3) is 2.52. The van der Waals surface area contributed by atoms with Gasteiger partial charge in [-0.2, -0.15) is 0 Å². The van der Waals surface area contributed by atoms with Crippen LogP contribution >= 0.6 is 0 Å². The Hall–Kier alpha value is -2.62. The number of hydrogen-bond donors (Lipinski definition) is 1. The minimum absolute atomic E-state index is 0.0920. The molecule has 1 aromatic carbocycles. The van der Waals surface area contributed by atoms with Crippen molar-refractivity contribution < 1.29 is 9.90 Å². The highest BCUT2D eigenvalue weighted by atomic mass is 16.4. The fourth-order valence-corrected chi connectivity index (χ4v) is 2.53. The molecule has 21 heavy (non-hydrogen) atoms. The van der Waals surface area contributed by atoms with Crippen molar-refractivity contribution in [1.29, 1.82) is 0 Å². The molecule has 2 heterocycles. The summed E-state index contributed by atoms with van der Waals surface area (Å²) >= 11 is 0. The molecule has 0 spiro atoms. The van der Waals surface area contributed by atoms with Crippen LogP contribution in [0.25, 0.3) is 16.9 Å². The molecule has 0 aliphatic heterocycles. The average molecular weight is 280 g/mol. The number of carboxylic acid groups (broad SMARTS) is 1. The third-order valence-corrected chi connectivity index (χ3v) is 3.59. The van der Waals surface area contributed by atoms with Crippen LogP contribution in [0.1, 0.15) is 17.7 Å². The Balaban J connectivity index is 2.15. The topological polar surface area (TPSA) is 54.6 Å². The lowest BCUT2D eigenvalue weighted by Crippen LogP contribution is -1.98. The summed E-state index contributed by atoms with van der Waals surface area (Å²) < 4.78 is 2.03. The molecule has 2 aromatic heterocycles. The zero-order valence-electron chi connectivity index (χ0n) is 11.8. The van der Waals surface area contributed by atoms with E-state index >= 15 is 0 Å². The first-order valence-electron chi connectivity index (χ1n) is 6.90. The summed E-state index contributed by atoms with van der Waals surface area (Å²) in [5.41, 5.74) is 4.02. The second kappa shape index (κ2) is 5.40. The summed E-state index contributed by atoms with van der Waals surface area (Å²) in [5, 5.41) is 8.88. The van der Waals surface area contributed by atoms with E-state index in [9.17, 15) is 4.79 Å². The summed E-state index contributed by atoms with van der Waals surface area (Å²) in [7, 11) is 0. The number of aryl methyl sites for hydroxylation is 2. The lowest BCUT2D eigenvalue weighted by Gasteiger charge is -2.04. The first kappa shape index (κ1) is 13.4. The van der Waals surface area contributed by atoms with Gasteiger partial charge in [0.15, 0.2) is 0 Å². The van der Waals surface area contributed by atoms with Gasteiger partial charge in [0, 0.05) is 18.2 Å². The molecule has 4 heteroatoms. The van der Waals surface area contributed by atoms with E-state index in [-0.39, 0.29) is 6.42 Å². The standard InChI is InChI=1S/C17H16N2O2/c1-12-6-2-3-7-13(12)17-18-14(9-10-16(20)21)15-8-4-5-11-19(15)17/h2-8,11H,9-10H2,1H3,(H,20,21). The molecule has 106 valence electrons. The van der Waals surface area contributed by atoms with Gasteiger partial charge >= 0.3 is 5.97 Å². The van der Waals surface area contributed by atoms with Gasteiger partial charge in [0.1, 0.15) is 5.82 Å². The van der Waals surface area contributed by atoms with Gasteiger partial charge in [0.25, 0.3) is 0 Å². The quantitative estimate of drug-likeness (QED) is 0.797. The predicted molar refractivity (Wildman–Crippen MR) is 81.3 cm³/mol. The summed E-state index contributed by atoms with van der Waals surface area (Å²) in [6.45, 7) is 2.05. The highest BCUT2D eigenvalue weighted by molar-refractivity contribution is 5.70. The van der Waals surface area contributed by atoms with Gasteiger partial charge < -0.3 is 5.11 Å². The maximum absolute atomic E-state index is 10.8. The van der Waals surface area contributed by atoms with E-state index in [1.807, 2.05) is 47.0 Å². The van der Waals surface area contributed by atoms with Crippen LogP contribution in [0.15, 0.2) is 48.7 Å². The lowest BCUT2D eigenvalue weighted by atomic mass is 10.1. The minimum Gasteiger partial charge on any atom is -0.481 e. The van der Waals surface area contributed by atoms with E-state index in [2.05, 4.69) is 13.0 Å². The van der Waals surface area contributed by atoms with Crippen molar-refractivity contribution in [3.63, 3.8) is 0 Å². The van der Waals surface area contributed by atoms with Gasteiger partial charge in [-0.1, -0.05) is 30.3 Å². The molecule has 4 nitrogen and oxygen atoms in total. The Labute approximate surface area is 122 Å². The number of rotatable bonds is 4. The van der Waals surface area contributed by atoms with Crippen LogP contribution < -0.4 is 0 Å². The number of nitrogens with zero attached hydrogens (tertiary/aromatic N) is 2. The first-order valence-corrected chi connectivity index (χ1v) is 6.90. The van der Waals surface area contributed by atoms with Gasteiger partial charge in [-0.3, -0.25) is 9.20 Å². The van der Waals surface area contributed by atoms with Gasteiger partial charge in [-0.05, 0) is 24.6 Å². The Morgan fingerprint density at radius 3 is 2.71 bits per heavy atom. The second-order valence-electron chi connectivity index (χ2n) is 5.05. The van der Waals surface area contributed by atoms with Crippen LogP contribution in [0.3, 0.4) is 0 Å². The van der Waals surface area contributed by atoms with Crippen molar-refractivity contribution in [2.45, 2.75) is 19.8 Å². The van der Waals surface area contributed by atoms with E-state index in [0.29, 0.717) is 6.42 Å². The molecule has 0 fully saturated rings. The molecule has 0 aliphatic rings. The molecule has 0 saturated heterocycles. The zero-order chi connectivity index (χ0) is 14.8. The van der Waals surface area contributed by atoms with Gasteiger partial charge in [0.2, 0.25) is 0 Å². The summed E-state index contributed by atoms with van der Waals surface area (Å²) in [6, 6.07) is 14.0. The summed E-state index contributed by atoms with van der Waals surface area (Å²) in [5.74, 6) is 0.0635. The van der Waals surface area contributed by atoms with Crippen molar-refractivity contribution in [2.75, 3.05) is 0 Å². The maximum atomic E-state index is 10.8. The largest absolute Gasteiger partial charge is 0.481 e. The Kier molecular flexibility index (Phi) is 3.44. The molecule has 0 unspecified atom stereocenters. The monoisotopic (exact) mass is 280 g/mol. The smallest absolute Gasteiger partial charge is 0.303 e. The predicted octanol–water partition coefficient (Wildman–Crippen LogP) is 3.33. The van der Waals surface area contributed by atoms with Crippen molar-refractivity contribution in [3.8, 4) is 11.4 Å². The number of aliphatic carboxylic acids is 1. The number of fused-ring (bicyclic) bond motifs is 1. The molecule has 0 amide bonds. The van der Waals surface area contributed by atoms with Crippen molar-refractivity contribution in [3.05, 3.63) is 59.9 Å². The van der Waals surface area contributed by atoms with Crippen molar-refractivity contribution in [2.24, 2.45) is 0 Å². The number of carbonyl (C=O) groups is 1. The highest BCUT2D eigenvalue weighted by Gasteiger charge is 2.14. The number of pyridine rings is 1. The molecule has 0 radical (unpaired) electrons. The lowest BCUT2D eigenvalue weighted by molar-refractivity contribution is -0.136. The SMILES string of the molecule is Cc1ccccc1-c1nc(CCC(=O)O)c2ccccn12. The second-order valence-corrected chi connectivity index (χ2v) is 5.05. The Bertz CT molecular complexity index is 805.